The zero-order valence-electron chi connectivity index (χ0n) is 13.4. The van der Waals surface area contributed by atoms with Crippen molar-refractivity contribution in [3.8, 4) is 6.07 Å². The Labute approximate surface area is 141 Å². The number of alkyl halides is 3. The highest BCUT2D eigenvalue weighted by atomic mass is 19.4. The van der Waals surface area contributed by atoms with Crippen LogP contribution in [0, 0.1) is 11.3 Å². The molecule has 1 rings (SSSR count). The van der Waals surface area contributed by atoms with E-state index in [0.29, 0.717) is 5.56 Å². The van der Waals surface area contributed by atoms with Crippen LogP contribution in [0.1, 0.15) is 19.4 Å². The van der Waals surface area contributed by atoms with Gasteiger partial charge in [0.1, 0.15) is 0 Å². The molecule has 0 aromatic heterocycles. The van der Waals surface area contributed by atoms with Crippen molar-refractivity contribution in [2.24, 2.45) is 0 Å². The molecule has 10 heteroatoms. The number of ether oxygens (including phenoxy) is 2. The van der Waals surface area contributed by atoms with E-state index in [1.807, 2.05) is 6.07 Å². The minimum atomic E-state index is -5.25. The minimum absolute atomic E-state index is 0.118. The van der Waals surface area contributed by atoms with Crippen molar-refractivity contribution in [2.45, 2.75) is 25.7 Å². The van der Waals surface area contributed by atoms with Crippen molar-refractivity contribution < 1.29 is 32.2 Å². The van der Waals surface area contributed by atoms with Crippen molar-refractivity contribution in [1.82, 2.24) is 5.32 Å². The number of esters is 1. The first kappa shape index (κ1) is 20.2. The third-order valence-corrected chi connectivity index (χ3v) is 2.88. The van der Waals surface area contributed by atoms with Crippen LogP contribution in [0.4, 0.5) is 23.7 Å². The Bertz CT molecular complexity index is 655. The molecule has 136 valence electrons. The number of carbonyl (C=O) groups is 2. The van der Waals surface area contributed by atoms with Gasteiger partial charge in [0.05, 0.1) is 18.2 Å². The molecule has 1 aromatic carbocycles. The Morgan fingerprint density at radius 2 is 1.76 bits per heavy atom. The van der Waals surface area contributed by atoms with E-state index in [-0.39, 0.29) is 12.3 Å². The maximum Gasteiger partial charge on any atom is 0.448 e. The van der Waals surface area contributed by atoms with Gasteiger partial charge in [-0.15, -0.1) is 0 Å². The van der Waals surface area contributed by atoms with Gasteiger partial charge in [0.15, 0.2) is 0 Å². The fourth-order valence-corrected chi connectivity index (χ4v) is 1.81. The Hall–Kier alpha value is -2.80. The number of halogens is 3. The molecule has 0 aliphatic rings. The lowest BCUT2D eigenvalue weighted by molar-refractivity contribution is -0.282. The summed E-state index contributed by atoms with van der Waals surface area (Å²) >= 11 is 0. The summed E-state index contributed by atoms with van der Waals surface area (Å²) in [5, 5.41) is 12.3. The van der Waals surface area contributed by atoms with Crippen LogP contribution >= 0.6 is 0 Å². The summed E-state index contributed by atoms with van der Waals surface area (Å²) in [6, 6.07) is 5.88. The van der Waals surface area contributed by atoms with E-state index in [2.05, 4.69) is 14.8 Å². The van der Waals surface area contributed by atoms with E-state index >= 15 is 0 Å². The van der Waals surface area contributed by atoms with Crippen LogP contribution in [0.2, 0.25) is 0 Å². The molecule has 7 nitrogen and oxygen atoms in total. The van der Waals surface area contributed by atoms with E-state index in [9.17, 15) is 22.8 Å². The number of nitrogens with one attached hydrogen (secondary N) is 2. The molecule has 0 unspecified atom stereocenters. The highest BCUT2D eigenvalue weighted by Crippen LogP contribution is 2.33. The van der Waals surface area contributed by atoms with E-state index < -0.39 is 30.5 Å². The van der Waals surface area contributed by atoms with Crippen molar-refractivity contribution in [3.05, 3.63) is 29.8 Å². The second kappa shape index (κ2) is 8.34. The molecule has 1 aromatic rings. The fourth-order valence-electron chi connectivity index (χ4n) is 1.81. The molecule has 2 N–H and O–H groups in total. The number of carbonyl (C=O) groups excluding carboxylic acids is 2. The highest BCUT2D eigenvalue weighted by molar-refractivity contribution is 5.94. The minimum Gasteiger partial charge on any atom is -0.462 e. The summed E-state index contributed by atoms with van der Waals surface area (Å²) in [6.45, 7) is 1.72. The molecule has 0 radical (unpaired) electrons. The zero-order valence-corrected chi connectivity index (χ0v) is 13.4. The maximum absolute atomic E-state index is 13.4. The van der Waals surface area contributed by atoms with Gasteiger partial charge in [-0.3, -0.25) is 5.32 Å². The molecule has 0 bridgehead atoms. The number of hydrogen-bond donors (Lipinski definition) is 2. The van der Waals surface area contributed by atoms with Crippen LogP contribution in [0.25, 0.3) is 0 Å². The lowest BCUT2D eigenvalue weighted by Crippen LogP contribution is -2.67. The Morgan fingerprint density at radius 1 is 1.16 bits per heavy atom. The third kappa shape index (κ3) is 4.84. The molecule has 0 aliphatic heterocycles. The summed E-state index contributed by atoms with van der Waals surface area (Å²) in [4.78, 5) is 23.8. The Morgan fingerprint density at radius 3 is 2.20 bits per heavy atom. The average molecular weight is 359 g/mol. The van der Waals surface area contributed by atoms with Gasteiger partial charge in [0.2, 0.25) is 0 Å². The van der Waals surface area contributed by atoms with Gasteiger partial charge >= 0.3 is 23.9 Å². The normalized spacial score (nSPS) is 13.3. The standard InChI is InChI=1S/C15H16F3N3O4/c1-3-24-12(22)14(25-4-2,15(16,17)18)21-13(23)20-11-7-5-10(9-19)6-8-11/h5-8H,3-4H2,1-2H3,(H2,20,21,23)/t14-/m1/s1. The quantitative estimate of drug-likeness (QED) is 0.600. The SMILES string of the molecule is CCOC(=O)[C@@](NC(=O)Nc1ccc(C#N)cc1)(OCC)C(F)(F)F. The summed E-state index contributed by atoms with van der Waals surface area (Å²) in [6.07, 6.45) is -5.25. The molecule has 0 saturated carbocycles. The molecular weight excluding hydrogens is 343 g/mol. The Balaban J connectivity index is 3.04. The first-order chi connectivity index (χ1) is 11.7. The maximum atomic E-state index is 13.4. The Kier molecular flexibility index (Phi) is 6.76. The van der Waals surface area contributed by atoms with Gasteiger partial charge in [-0.05, 0) is 38.1 Å². The lowest BCUT2D eigenvalue weighted by atomic mass is 10.2. The number of hydrogen-bond acceptors (Lipinski definition) is 5. The van der Waals surface area contributed by atoms with E-state index in [1.165, 1.54) is 43.4 Å². The molecule has 0 saturated heterocycles. The van der Waals surface area contributed by atoms with Crippen molar-refractivity contribution >= 4 is 17.7 Å². The number of urea groups is 1. The number of benzene rings is 1. The lowest BCUT2D eigenvalue weighted by Gasteiger charge is -2.33. The average Bonchev–Trinajstić information content (AvgIpc) is 2.54. The van der Waals surface area contributed by atoms with Crippen LogP contribution in [-0.2, 0) is 14.3 Å². The van der Waals surface area contributed by atoms with Gasteiger partial charge in [0.25, 0.3) is 0 Å². The monoisotopic (exact) mass is 359 g/mol. The molecular formula is C15H16F3N3O4. The summed E-state index contributed by atoms with van der Waals surface area (Å²) in [7, 11) is 0. The molecule has 0 fully saturated rings. The van der Waals surface area contributed by atoms with Gasteiger partial charge in [0, 0.05) is 12.3 Å². The van der Waals surface area contributed by atoms with Crippen LogP contribution in [-0.4, -0.2) is 37.1 Å². The van der Waals surface area contributed by atoms with Crippen molar-refractivity contribution in [3.63, 3.8) is 0 Å². The molecule has 1 atom stereocenters. The number of nitriles is 1. The van der Waals surface area contributed by atoms with Crippen molar-refractivity contribution in [2.75, 3.05) is 18.5 Å². The summed E-state index contributed by atoms with van der Waals surface area (Å²) in [5.41, 5.74) is -3.21. The van der Waals surface area contributed by atoms with Gasteiger partial charge < -0.3 is 14.8 Å². The molecule has 0 heterocycles. The number of nitrogens with zero attached hydrogens (tertiary/aromatic N) is 1. The van der Waals surface area contributed by atoms with Crippen LogP contribution in [0.3, 0.4) is 0 Å². The number of anilines is 1. The predicted molar refractivity (Wildman–Crippen MR) is 80.4 cm³/mol. The predicted octanol–water partition coefficient (Wildman–Crippen LogP) is 2.54. The second-order valence-electron chi connectivity index (χ2n) is 4.60. The summed E-state index contributed by atoms with van der Waals surface area (Å²) < 4.78 is 49.2. The van der Waals surface area contributed by atoms with Crippen LogP contribution in [0.5, 0.6) is 0 Å². The zero-order chi connectivity index (χ0) is 19.1. The molecule has 2 amide bonds. The number of amides is 2. The number of rotatable bonds is 6. The highest BCUT2D eigenvalue weighted by Gasteiger charge is 2.64. The van der Waals surface area contributed by atoms with Crippen molar-refractivity contribution in [1.29, 1.82) is 5.26 Å². The van der Waals surface area contributed by atoms with E-state index in [1.54, 1.807) is 0 Å². The van der Waals surface area contributed by atoms with Crippen LogP contribution < -0.4 is 10.6 Å². The second-order valence-corrected chi connectivity index (χ2v) is 4.60. The molecule has 25 heavy (non-hydrogen) atoms. The van der Waals surface area contributed by atoms with Gasteiger partial charge in [-0.1, -0.05) is 0 Å². The smallest absolute Gasteiger partial charge is 0.448 e. The summed E-state index contributed by atoms with van der Waals surface area (Å²) in [5.74, 6) is -1.78. The molecule has 0 spiro atoms. The fraction of sp³-hybridized carbons (Fsp3) is 0.400. The topological polar surface area (TPSA) is 100 Å². The van der Waals surface area contributed by atoms with E-state index in [4.69, 9.17) is 5.26 Å². The van der Waals surface area contributed by atoms with Gasteiger partial charge in [-0.2, -0.15) is 18.4 Å². The third-order valence-electron chi connectivity index (χ3n) is 2.88. The van der Waals surface area contributed by atoms with Gasteiger partial charge in [-0.25, -0.2) is 9.59 Å². The largest absolute Gasteiger partial charge is 0.462 e. The van der Waals surface area contributed by atoms with Crippen LogP contribution in [0.15, 0.2) is 24.3 Å². The molecule has 0 aliphatic carbocycles. The van der Waals surface area contributed by atoms with E-state index in [0.717, 1.165) is 0 Å². The first-order valence-corrected chi connectivity index (χ1v) is 7.17. The first-order valence-electron chi connectivity index (χ1n) is 7.17.